The van der Waals surface area contributed by atoms with Crippen molar-refractivity contribution in [3.8, 4) is 11.5 Å². The standard InChI is InChI=1S/C24H25ClF2N6O2S/c1-14-16(12-33(30-14)21-17(4-3-7-28-21)22-29-15(2)31-35-22)11-32-8-5-23(6-9-32)20-18(10-19(25)36-20)24(26,27)13-34-23/h3-4,7,10,16H,5-6,8-9,11-13H2,1-2H3. The number of pyridine rings is 1. The summed E-state index contributed by atoms with van der Waals surface area (Å²) in [6, 6.07) is 5.14. The van der Waals surface area contributed by atoms with Crippen molar-refractivity contribution in [1.29, 1.82) is 0 Å². The quantitative estimate of drug-likeness (QED) is 0.462. The molecule has 0 radical (unpaired) electrons. The monoisotopic (exact) mass is 534 g/mol. The molecule has 0 N–H and O–H groups in total. The Balaban J connectivity index is 1.14. The summed E-state index contributed by atoms with van der Waals surface area (Å²) < 4.78 is 40.5. The van der Waals surface area contributed by atoms with Crippen LogP contribution in [0.25, 0.3) is 11.5 Å². The topological polar surface area (TPSA) is 79.9 Å². The fourth-order valence-electron chi connectivity index (χ4n) is 5.28. The number of rotatable bonds is 4. The lowest BCUT2D eigenvalue weighted by Crippen LogP contribution is -2.50. The molecule has 1 atom stereocenters. The lowest BCUT2D eigenvalue weighted by molar-refractivity contribution is -0.181. The molecular formula is C24H25ClF2N6O2S. The number of thiophene rings is 1. The zero-order valence-corrected chi connectivity index (χ0v) is 21.5. The van der Waals surface area contributed by atoms with Crippen molar-refractivity contribution in [2.75, 3.05) is 37.8 Å². The first-order valence-electron chi connectivity index (χ1n) is 11.9. The third kappa shape index (κ3) is 4.11. The second kappa shape index (κ2) is 8.83. The molecule has 1 fully saturated rings. The maximum Gasteiger partial charge on any atom is 0.297 e. The molecule has 3 aromatic heterocycles. The molecule has 3 aromatic rings. The van der Waals surface area contributed by atoms with Gasteiger partial charge < -0.3 is 14.2 Å². The van der Waals surface area contributed by atoms with E-state index >= 15 is 0 Å². The van der Waals surface area contributed by atoms with E-state index in [9.17, 15) is 8.78 Å². The van der Waals surface area contributed by atoms with Crippen LogP contribution in [0.3, 0.4) is 0 Å². The van der Waals surface area contributed by atoms with Gasteiger partial charge in [-0.05, 0) is 44.9 Å². The molecule has 0 bridgehead atoms. The Morgan fingerprint density at radius 2 is 2.06 bits per heavy atom. The maximum atomic E-state index is 14.4. The molecule has 12 heteroatoms. The van der Waals surface area contributed by atoms with Crippen LogP contribution in [-0.4, -0.2) is 58.5 Å². The number of hydrazone groups is 1. The summed E-state index contributed by atoms with van der Waals surface area (Å²) in [5, 5.41) is 10.6. The number of halogens is 3. The number of hydrogen-bond donors (Lipinski definition) is 0. The number of alkyl halides is 2. The SMILES string of the molecule is CC1=NN(c2ncccc2-c2nc(C)no2)CC1CN1CCC2(CC1)OCC(F)(F)c1cc(Cl)sc12. The fourth-order valence-corrected chi connectivity index (χ4v) is 6.76. The van der Waals surface area contributed by atoms with Crippen molar-refractivity contribution in [2.45, 2.75) is 38.2 Å². The van der Waals surface area contributed by atoms with Crippen LogP contribution in [0, 0.1) is 12.8 Å². The molecule has 8 nitrogen and oxygen atoms in total. The normalized spacial score (nSPS) is 23.2. The van der Waals surface area contributed by atoms with E-state index in [1.54, 1.807) is 13.1 Å². The molecule has 1 spiro atoms. The zero-order chi connectivity index (χ0) is 25.1. The third-order valence-corrected chi connectivity index (χ3v) is 8.68. The van der Waals surface area contributed by atoms with Gasteiger partial charge in [0.25, 0.3) is 11.8 Å². The van der Waals surface area contributed by atoms with Crippen molar-refractivity contribution in [1.82, 2.24) is 20.0 Å². The van der Waals surface area contributed by atoms with Gasteiger partial charge in [-0.25, -0.2) is 9.99 Å². The molecule has 3 aliphatic heterocycles. The van der Waals surface area contributed by atoms with Gasteiger partial charge in [-0.2, -0.15) is 18.9 Å². The Hall–Kier alpha value is -2.47. The van der Waals surface area contributed by atoms with Crippen molar-refractivity contribution in [3.63, 3.8) is 0 Å². The van der Waals surface area contributed by atoms with Gasteiger partial charge in [0.05, 0.1) is 16.4 Å². The number of ether oxygens (including phenoxy) is 1. The van der Waals surface area contributed by atoms with Gasteiger partial charge in [0, 0.05) is 47.9 Å². The zero-order valence-electron chi connectivity index (χ0n) is 19.9. The molecular weight excluding hydrogens is 510 g/mol. The molecule has 0 aromatic carbocycles. The van der Waals surface area contributed by atoms with E-state index in [-0.39, 0.29) is 11.5 Å². The third-order valence-electron chi connectivity index (χ3n) is 7.23. The lowest BCUT2D eigenvalue weighted by Gasteiger charge is -2.45. The predicted octanol–water partition coefficient (Wildman–Crippen LogP) is 5.08. The van der Waals surface area contributed by atoms with E-state index in [1.165, 1.54) is 17.4 Å². The Kier molecular flexibility index (Phi) is 5.86. The second-order valence-corrected chi connectivity index (χ2v) is 11.3. The van der Waals surface area contributed by atoms with E-state index < -0.39 is 18.1 Å². The van der Waals surface area contributed by atoms with Gasteiger partial charge in [0.2, 0.25) is 0 Å². The van der Waals surface area contributed by atoms with Gasteiger partial charge in [0.15, 0.2) is 11.6 Å². The number of likely N-dealkylation sites (tertiary alicyclic amines) is 1. The van der Waals surface area contributed by atoms with Gasteiger partial charge in [-0.15, -0.1) is 11.3 Å². The van der Waals surface area contributed by atoms with Crippen LogP contribution in [0.1, 0.15) is 36.0 Å². The molecule has 6 heterocycles. The van der Waals surface area contributed by atoms with Crippen LogP contribution in [-0.2, 0) is 16.3 Å². The minimum atomic E-state index is -2.99. The predicted molar refractivity (Wildman–Crippen MR) is 133 cm³/mol. The number of piperidine rings is 1. The summed E-state index contributed by atoms with van der Waals surface area (Å²) in [5.41, 5.74) is 1.12. The van der Waals surface area contributed by atoms with E-state index in [1.807, 2.05) is 24.1 Å². The number of anilines is 1. The largest absolute Gasteiger partial charge is 0.363 e. The highest BCUT2D eigenvalue weighted by Crippen LogP contribution is 2.52. The van der Waals surface area contributed by atoms with Crippen LogP contribution in [0.4, 0.5) is 14.6 Å². The molecule has 3 aliphatic rings. The number of aryl methyl sites for hydroxylation is 1. The average molecular weight is 535 g/mol. The number of nitrogens with zero attached hydrogens (tertiary/aromatic N) is 6. The first-order chi connectivity index (χ1) is 17.2. The molecule has 1 saturated heterocycles. The highest BCUT2D eigenvalue weighted by molar-refractivity contribution is 7.16. The summed E-state index contributed by atoms with van der Waals surface area (Å²) in [7, 11) is 0. The summed E-state index contributed by atoms with van der Waals surface area (Å²) in [6.07, 6.45) is 3.03. The lowest BCUT2D eigenvalue weighted by atomic mass is 9.84. The number of hydrogen-bond acceptors (Lipinski definition) is 9. The van der Waals surface area contributed by atoms with Crippen LogP contribution in [0.15, 0.2) is 34.0 Å². The van der Waals surface area contributed by atoms with Gasteiger partial charge >= 0.3 is 0 Å². The molecule has 1 unspecified atom stereocenters. The number of fused-ring (bicyclic) bond motifs is 2. The van der Waals surface area contributed by atoms with Crippen molar-refractivity contribution in [2.24, 2.45) is 11.0 Å². The minimum Gasteiger partial charge on any atom is -0.363 e. The first kappa shape index (κ1) is 23.9. The molecule has 6 rings (SSSR count). The Bertz CT molecular complexity index is 1320. The van der Waals surface area contributed by atoms with Gasteiger partial charge in [-0.1, -0.05) is 16.8 Å². The molecule has 0 aliphatic carbocycles. The summed E-state index contributed by atoms with van der Waals surface area (Å²) in [5.74, 6) is -1.13. The van der Waals surface area contributed by atoms with Crippen molar-refractivity contribution in [3.05, 3.63) is 45.0 Å². The molecule has 36 heavy (non-hydrogen) atoms. The van der Waals surface area contributed by atoms with Crippen LogP contribution >= 0.6 is 22.9 Å². The van der Waals surface area contributed by atoms with E-state index in [2.05, 4.69) is 20.0 Å². The van der Waals surface area contributed by atoms with E-state index in [0.717, 1.165) is 30.9 Å². The minimum absolute atomic E-state index is 0.0363. The Labute approximate surface area is 215 Å². The highest BCUT2D eigenvalue weighted by atomic mass is 35.5. The molecule has 0 saturated carbocycles. The van der Waals surface area contributed by atoms with Crippen molar-refractivity contribution >= 4 is 34.5 Å². The first-order valence-corrected chi connectivity index (χ1v) is 13.1. The fraction of sp³-hybridized carbons (Fsp3) is 0.500. The summed E-state index contributed by atoms with van der Waals surface area (Å²) in [6.45, 7) is 6.21. The molecule has 0 amide bonds. The molecule has 190 valence electrons. The number of aromatic nitrogens is 3. The van der Waals surface area contributed by atoms with Crippen LogP contribution in [0.2, 0.25) is 4.34 Å². The highest BCUT2D eigenvalue weighted by Gasteiger charge is 2.51. The summed E-state index contributed by atoms with van der Waals surface area (Å²) >= 11 is 7.36. The Morgan fingerprint density at radius 3 is 2.81 bits per heavy atom. The summed E-state index contributed by atoms with van der Waals surface area (Å²) in [4.78, 5) is 11.8. The smallest absolute Gasteiger partial charge is 0.297 e. The van der Waals surface area contributed by atoms with E-state index in [0.29, 0.717) is 46.1 Å². The van der Waals surface area contributed by atoms with Crippen molar-refractivity contribution < 1.29 is 18.0 Å². The van der Waals surface area contributed by atoms with Gasteiger partial charge in [-0.3, -0.25) is 0 Å². The van der Waals surface area contributed by atoms with E-state index in [4.69, 9.17) is 26.0 Å². The Morgan fingerprint density at radius 1 is 1.25 bits per heavy atom. The van der Waals surface area contributed by atoms with Crippen LogP contribution < -0.4 is 5.01 Å². The average Bonchev–Trinajstić information content (AvgIpc) is 3.57. The maximum absolute atomic E-state index is 14.4. The van der Waals surface area contributed by atoms with Crippen LogP contribution in [0.5, 0.6) is 0 Å². The van der Waals surface area contributed by atoms with Gasteiger partial charge in [0.1, 0.15) is 12.2 Å². The second-order valence-electron chi connectivity index (χ2n) is 9.62.